The molecule has 126 valence electrons. The molecule has 0 radical (unpaired) electrons. The minimum Gasteiger partial charge on any atom is -0.371 e. The fourth-order valence-corrected chi connectivity index (χ4v) is 3.51. The molecule has 0 amide bonds. The molecule has 2 aromatic heterocycles. The molecule has 0 spiro atoms. The SMILES string of the molecule is c1cc(Nc2cc3c(C4CNC4)ccc(N4CCC4)c3cn2)ncn1. The van der Waals surface area contributed by atoms with Crippen LogP contribution in [0.5, 0.6) is 0 Å². The molecular weight excluding hydrogens is 312 g/mol. The van der Waals surface area contributed by atoms with Gasteiger partial charge in [0, 0.05) is 55.6 Å². The Hall–Kier alpha value is -2.73. The zero-order valence-corrected chi connectivity index (χ0v) is 13.9. The van der Waals surface area contributed by atoms with Gasteiger partial charge in [-0.3, -0.25) is 0 Å². The first-order valence-corrected chi connectivity index (χ1v) is 8.80. The van der Waals surface area contributed by atoms with Crippen molar-refractivity contribution in [1.82, 2.24) is 20.3 Å². The molecule has 6 heteroatoms. The topological polar surface area (TPSA) is 66.0 Å². The molecule has 2 saturated heterocycles. The average molecular weight is 332 g/mol. The standard InChI is InChI=1S/C19H20N6/c1-6-25(7-1)17-3-2-14(13-9-21-10-13)15-8-19(22-11-16(15)17)24-18-4-5-20-12-23-18/h2-5,8,11-13,21H,1,6-7,9-10H2,(H,20,22,23,24). The molecule has 0 bridgehead atoms. The molecule has 2 aliphatic heterocycles. The third kappa shape index (κ3) is 2.59. The quantitative estimate of drug-likeness (QED) is 0.766. The van der Waals surface area contributed by atoms with E-state index >= 15 is 0 Å². The number of rotatable bonds is 4. The van der Waals surface area contributed by atoms with E-state index in [9.17, 15) is 0 Å². The van der Waals surface area contributed by atoms with Crippen LogP contribution < -0.4 is 15.5 Å². The lowest BCUT2D eigenvalue weighted by Crippen LogP contribution is -2.40. The van der Waals surface area contributed by atoms with Gasteiger partial charge in [-0.25, -0.2) is 15.0 Å². The van der Waals surface area contributed by atoms with E-state index < -0.39 is 0 Å². The number of pyridine rings is 1. The van der Waals surface area contributed by atoms with Crippen molar-refractivity contribution >= 4 is 28.1 Å². The number of hydrogen-bond donors (Lipinski definition) is 2. The maximum absolute atomic E-state index is 4.63. The molecule has 2 fully saturated rings. The smallest absolute Gasteiger partial charge is 0.134 e. The molecule has 25 heavy (non-hydrogen) atoms. The fourth-order valence-electron chi connectivity index (χ4n) is 3.51. The maximum Gasteiger partial charge on any atom is 0.134 e. The van der Waals surface area contributed by atoms with Gasteiger partial charge in [-0.15, -0.1) is 0 Å². The van der Waals surface area contributed by atoms with E-state index in [0.29, 0.717) is 5.92 Å². The van der Waals surface area contributed by atoms with E-state index in [1.165, 1.54) is 34.8 Å². The molecule has 3 aromatic rings. The van der Waals surface area contributed by atoms with Crippen molar-refractivity contribution in [2.45, 2.75) is 12.3 Å². The first-order chi connectivity index (χ1) is 12.4. The molecule has 5 rings (SSSR count). The first-order valence-electron chi connectivity index (χ1n) is 8.80. The Morgan fingerprint density at radius 1 is 1.04 bits per heavy atom. The summed E-state index contributed by atoms with van der Waals surface area (Å²) in [6.45, 7) is 4.38. The Kier molecular flexibility index (Phi) is 3.48. The van der Waals surface area contributed by atoms with E-state index in [4.69, 9.17) is 0 Å². The van der Waals surface area contributed by atoms with E-state index in [-0.39, 0.29) is 0 Å². The number of nitrogens with one attached hydrogen (secondary N) is 2. The van der Waals surface area contributed by atoms with E-state index in [2.05, 4.69) is 48.7 Å². The summed E-state index contributed by atoms with van der Waals surface area (Å²) in [5.74, 6) is 2.16. The van der Waals surface area contributed by atoms with Gasteiger partial charge in [-0.1, -0.05) is 6.07 Å². The van der Waals surface area contributed by atoms with Gasteiger partial charge in [-0.2, -0.15) is 0 Å². The number of benzene rings is 1. The van der Waals surface area contributed by atoms with Crippen LogP contribution in [-0.4, -0.2) is 41.1 Å². The van der Waals surface area contributed by atoms with Crippen molar-refractivity contribution in [1.29, 1.82) is 0 Å². The minimum atomic E-state index is 0.585. The predicted octanol–water partition coefficient (Wildman–Crippen LogP) is 2.67. The Labute approximate surface area is 146 Å². The second-order valence-corrected chi connectivity index (χ2v) is 6.70. The normalized spacial score (nSPS) is 17.2. The largest absolute Gasteiger partial charge is 0.371 e. The van der Waals surface area contributed by atoms with Crippen LogP contribution in [0.25, 0.3) is 10.8 Å². The lowest BCUT2D eigenvalue weighted by Gasteiger charge is -2.35. The van der Waals surface area contributed by atoms with Crippen molar-refractivity contribution in [3.8, 4) is 0 Å². The van der Waals surface area contributed by atoms with Crippen LogP contribution in [0.2, 0.25) is 0 Å². The van der Waals surface area contributed by atoms with Crippen LogP contribution in [-0.2, 0) is 0 Å². The number of hydrogen-bond acceptors (Lipinski definition) is 6. The first kappa shape index (κ1) is 14.6. The Morgan fingerprint density at radius 2 is 1.96 bits per heavy atom. The molecule has 0 unspecified atom stereocenters. The van der Waals surface area contributed by atoms with Crippen molar-refractivity contribution in [2.75, 3.05) is 36.4 Å². The van der Waals surface area contributed by atoms with Crippen LogP contribution in [0.3, 0.4) is 0 Å². The summed E-state index contributed by atoms with van der Waals surface area (Å²) in [6.07, 6.45) is 6.54. The van der Waals surface area contributed by atoms with E-state index in [0.717, 1.165) is 37.8 Å². The minimum absolute atomic E-state index is 0.585. The van der Waals surface area contributed by atoms with Crippen LogP contribution in [0.15, 0.2) is 43.0 Å². The molecule has 0 saturated carbocycles. The highest BCUT2D eigenvalue weighted by molar-refractivity contribution is 5.98. The Morgan fingerprint density at radius 3 is 2.64 bits per heavy atom. The van der Waals surface area contributed by atoms with Crippen molar-refractivity contribution in [3.63, 3.8) is 0 Å². The Bertz CT molecular complexity index is 902. The second-order valence-electron chi connectivity index (χ2n) is 6.70. The van der Waals surface area contributed by atoms with Gasteiger partial charge >= 0.3 is 0 Å². The van der Waals surface area contributed by atoms with E-state index in [1.54, 1.807) is 6.20 Å². The monoisotopic (exact) mass is 332 g/mol. The van der Waals surface area contributed by atoms with Gasteiger partial charge < -0.3 is 15.5 Å². The molecule has 4 heterocycles. The third-order valence-corrected chi connectivity index (χ3v) is 5.17. The zero-order chi connectivity index (χ0) is 16.6. The second kappa shape index (κ2) is 5.97. The van der Waals surface area contributed by atoms with Gasteiger partial charge in [0.25, 0.3) is 0 Å². The van der Waals surface area contributed by atoms with Gasteiger partial charge in [0.2, 0.25) is 0 Å². The van der Waals surface area contributed by atoms with Crippen molar-refractivity contribution in [3.05, 3.63) is 48.5 Å². The highest BCUT2D eigenvalue weighted by atomic mass is 15.2. The maximum atomic E-state index is 4.63. The number of anilines is 3. The summed E-state index contributed by atoms with van der Waals surface area (Å²) >= 11 is 0. The number of fused-ring (bicyclic) bond motifs is 1. The summed E-state index contributed by atoms with van der Waals surface area (Å²) in [5.41, 5.74) is 2.71. The van der Waals surface area contributed by atoms with Gasteiger partial charge in [-0.05, 0) is 35.6 Å². The van der Waals surface area contributed by atoms with Crippen LogP contribution in [0, 0.1) is 0 Å². The van der Waals surface area contributed by atoms with Gasteiger partial charge in [0.1, 0.15) is 18.0 Å². The molecular formula is C19H20N6. The number of aromatic nitrogens is 3. The van der Waals surface area contributed by atoms with Crippen molar-refractivity contribution < 1.29 is 0 Å². The zero-order valence-electron chi connectivity index (χ0n) is 13.9. The van der Waals surface area contributed by atoms with Crippen LogP contribution in [0.4, 0.5) is 17.3 Å². The molecule has 0 aliphatic carbocycles. The fraction of sp³-hybridized carbons (Fsp3) is 0.316. The highest BCUT2D eigenvalue weighted by Gasteiger charge is 2.24. The lowest BCUT2D eigenvalue weighted by molar-refractivity contribution is 0.451. The summed E-state index contributed by atoms with van der Waals surface area (Å²) in [7, 11) is 0. The lowest BCUT2D eigenvalue weighted by atomic mass is 9.89. The molecule has 6 nitrogen and oxygen atoms in total. The van der Waals surface area contributed by atoms with Gasteiger partial charge in [0.15, 0.2) is 0 Å². The van der Waals surface area contributed by atoms with Crippen molar-refractivity contribution in [2.24, 2.45) is 0 Å². The average Bonchev–Trinajstić information content (AvgIpc) is 2.54. The summed E-state index contributed by atoms with van der Waals surface area (Å²) in [5, 5.41) is 9.20. The highest BCUT2D eigenvalue weighted by Crippen LogP contribution is 2.36. The van der Waals surface area contributed by atoms with E-state index in [1.807, 2.05) is 12.3 Å². The molecule has 2 N–H and O–H groups in total. The summed E-state index contributed by atoms with van der Waals surface area (Å²) < 4.78 is 0. The molecule has 2 aliphatic rings. The molecule has 0 atom stereocenters. The summed E-state index contributed by atoms with van der Waals surface area (Å²) in [6, 6.07) is 8.58. The Balaban J connectivity index is 1.59. The van der Waals surface area contributed by atoms with Crippen LogP contribution >= 0.6 is 0 Å². The predicted molar refractivity (Wildman–Crippen MR) is 99.5 cm³/mol. The third-order valence-electron chi connectivity index (χ3n) is 5.17. The summed E-state index contributed by atoms with van der Waals surface area (Å²) in [4.78, 5) is 15.3. The number of nitrogens with zero attached hydrogens (tertiary/aromatic N) is 4. The van der Waals surface area contributed by atoms with Crippen LogP contribution in [0.1, 0.15) is 17.9 Å². The molecule has 1 aromatic carbocycles. The van der Waals surface area contributed by atoms with Gasteiger partial charge in [0.05, 0.1) is 0 Å².